The van der Waals surface area contributed by atoms with Gasteiger partial charge in [0.15, 0.2) is 0 Å². The second-order valence-electron chi connectivity index (χ2n) is 3.03. The van der Waals surface area contributed by atoms with Crippen molar-refractivity contribution in [1.82, 2.24) is 5.32 Å². The SMILES string of the molecule is CNC(=O)c1ccc(NCCO)c(N)c1. The van der Waals surface area contributed by atoms with E-state index in [1.54, 1.807) is 25.2 Å². The zero-order chi connectivity index (χ0) is 11.3. The van der Waals surface area contributed by atoms with Gasteiger partial charge in [-0.05, 0) is 18.2 Å². The second-order valence-corrected chi connectivity index (χ2v) is 3.03. The van der Waals surface area contributed by atoms with Crippen molar-refractivity contribution in [2.45, 2.75) is 0 Å². The predicted molar refractivity (Wildman–Crippen MR) is 59.8 cm³/mol. The highest BCUT2D eigenvalue weighted by Gasteiger charge is 2.05. The fraction of sp³-hybridized carbons (Fsp3) is 0.300. The minimum atomic E-state index is -0.171. The quantitative estimate of drug-likeness (QED) is 0.527. The van der Waals surface area contributed by atoms with Crippen molar-refractivity contribution in [3.8, 4) is 0 Å². The van der Waals surface area contributed by atoms with Gasteiger partial charge in [-0.15, -0.1) is 0 Å². The van der Waals surface area contributed by atoms with Gasteiger partial charge in [-0.25, -0.2) is 0 Å². The van der Waals surface area contributed by atoms with E-state index in [-0.39, 0.29) is 12.5 Å². The fourth-order valence-corrected chi connectivity index (χ4v) is 1.20. The number of amides is 1. The molecular formula is C10H15N3O2. The first-order valence-corrected chi connectivity index (χ1v) is 4.65. The zero-order valence-electron chi connectivity index (χ0n) is 8.58. The highest BCUT2D eigenvalue weighted by Crippen LogP contribution is 2.19. The lowest BCUT2D eigenvalue weighted by molar-refractivity contribution is 0.0963. The number of nitrogens with one attached hydrogen (secondary N) is 2. The van der Waals surface area contributed by atoms with Crippen molar-refractivity contribution in [2.75, 3.05) is 31.2 Å². The van der Waals surface area contributed by atoms with E-state index >= 15 is 0 Å². The molecule has 5 nitrogen and oxygen atoms in total. The molecule has 0 bridgehead atoms. The van der Waals surface area contributed by atoms with Crippen LogP contribution in [0.1, 0.15) is 10.4 Å². The average Bonchev–Trinajstić information content (AvgIpc) is 2.26. The Morgan fingerprint density at radius 2 is 2.27 bits per heavy atom. The Kier molecular flexibility index (Phi) is 3.93. The van der Waals surface area contributed by atoms with Crippen LogP contribution in [0.4, 0.5) is 11.4 Å². The number of aliphatic hydroxyl groups is 1. The van der Waals surface area contributed by atoms with Gasteiger partial charge in [0.25, 0.3) is 5.91 Å². The van der Waals surface area contributed by atoms with E-state index in [2.05, 4.69) is 10.6 Å². The maximum Gasteiger partial charge on any atom is 0.251 e. The molecule has 1 aromatic rings. The van der Waals surface area contributed by atoms with Gasteiger partial charge in [0, 0.05) is 19.2 Å². The molecule has 1 aromatic carbocycles. The van der Waals surface area contributed by atoms with Crippen molar-refractivity contribution in [3.05, 3.63) is 23.8 Å². The molecule has 0 radical (unpaired) electrons. The van der Waals surface area contributed by atoms with E-state index in [0.717, 1.165) is 5.69 Å². The Hall–Kier alpha value is -1.75. The lowest BCUT2D eigenvalue weighted by atomic mass is 10.1. The minimum Gasteiger partial charge on any atom is -0.397 e. The number of nitrogen functional groups attached to an aromatic ring is 1. The molecule has 1 rings (SSSR count). The van der Waals surface area contributed by atoms with E-state index in [0.29, 0.717) is 17.8 Å². The molecule has 0 heterocycles. The molecule has 82 valence electrons. The molecule has 0 saturated heterocycles. The molecule has 0 atom stereocenters. The number of rotatable bonds is 4. The van der Waals surface area contributed by atoms with Crippen LogP contribution in [0.3, 0.4) is 0 Å². The van der Waals surface area contributed by atoms with E-state index in [1.165, 1.54) is 0 Å². The molecule has 0 fully saturated rings. The summed E-state index contributed by atoms with van der Waals surface area (Å²) in [5, 5.41) is 14.1. The molecule has 15 heavy (non-hydrogen) atoms. The molecule has 0 spiro atoms. The first-order chi connectivity index (χ1) is 7.19. The maximum absolute atomic E-state index is 11.3. The van der Waals surface area contributed by atoms with Crippen molar-refractivity contribution >= 4 is 17.3 Å². The Morgan fingerprint density at radius 3 is 2.80 bits per heavy atom. The lowest BCUT2D eigenvalue weighted by Crippen LogP contribution is -2.18. The average molecular weight is 209 g/mol. The number of carbonyl (C=O) groups is 1. The Bertz CT molecular complexity index is 353. The third-order valence-electron chi connectivity index (χ3n) is 1.97. The van der Waals surface area contributed by atoms with Crippen molar-refractivity contribution in [1.29, 1.82) is 0 Å². The molecule has 0 aromatic heterocycles. The molecular weight excluding hydrogens is 194 g/mol. The predicted octanol–water partition coefficient (Wildman–Crippen LogP) is 0.0326. The van der Waals surface area contributed by atoms with Crippen LogP contribution in [0.2, 0.25) is 0 Å². The Labute approximate surface area is 88.3 Å². The lowest BCUT2D eigenvalue weighted by Gasteiger charge is -2.09. The summed E-state index contributed by atoms with van der Waals surface area (Å²) in [6.07, 6.45) is 0. The van der Waals surface area contributed by atoms with Gasteiger partial charge < -0.3 is 21.5 Å². The van der Waals surface area contributed by atoms with Crippen LogP contribution in [-0.2, 0) is 0 Å². The van der Waals surface area contributed by atoms with Gasteiger partial charge in [0.2, 0.25) is 0 Å². The van der Waals surface area contributed by atoms with Gasteiger partial charge in [-0.1, -0.05) is 0 Å². The molecule has 1 amide bonds. The normalized spacial score (nSPS) is 9.73. The molecule has 5 heteroatoms. The van der Waals surface area contributed by atoms with Crippen LogP contribution in [0.25, 0.3) is 0 Å². The molecule has 0 unspecified atom stereocenters. The van der Waals surface area contributed by atoms with Gasteiger partial charge in [0.05, 0.1) is 18.0 Å². The second kappa shape index (κ2) is 5.21. The zero-order valence-corrected chi connectivity index (χ0v) is 8.58. The summed E-state index contributed by atoms with van der Waals surface area (Å²) in [4.78, 5) is 11.3. The first-order valence-electron chi connectivity index (χ1n) is 4.65. The first kappa shape index (κ1) is 11.3. The monoisotopic (exact) mass is 209 g/mol. The molecule has 0 aliphatic heterocycles. The number of hydrogen-bond donors (Lipinski definition) is 4. The van der Waals surface area contributed by atoms with Gasteiger partial charge in [-0.2, -0.15) is 0 Å². The summed E-state index contributed by atoms with van der Waals surface area (Å²) in [7, 11) is 1.57. The number of benzene rings is 1. The summed E-state index contributed by atoms with van der Waals surface area (Å²) in [6, 6.07) is 4.99. The van der Waals surface area contributed by atoms with Crippen molar-refractivity contribution in [3.63, 3.8) is 0 Å². The summed E-state index contributed by atoms with van der Waals surface area (Å²) in [6.45, 7) is 0.472. The smallest absolute Gasteiger partial charge is 0.251 e. The van der Waals surface area contributed by atoms with Crippen LogP contribution in [0, 0.1) is 0 Å². The van der Waals surface area contributed by atoms with E-state index in [9.17, 15) is 4.79 Å². The van der Waals surface area contributed by atoms with Crippen LogP contribution in [-0.4, -0.2) is 31.2 Å². The van der Waals surface area contributed by atoms with Crippen molar-refractivity contribution < 1.29 is 9.90 Å². The van der Waals surface area contributed by atoms with Gasteiger partial charge >= 0.3 is 0 Å². The van der Waals surface area contributed by atoms with Crippen molar-refractivity contribution in [2.24, 2.45) is 0 Å². The summed E-state index contributed by atoms with van der Waals surface area (Å²) < 4.78 is 0. The van der Waals surface area contributed by atoms with Crippen LogP contribution in [0.5, 0.6) is 0 Å². The summed E-state index contributed by atoms with van der Waals surface area (Å²) >= 11 is 0. The number of carbonyl (C=O) groups excluding carboxylic acids is 1. The molecule has 0 aliphatic rings. The van der Waals surface area contributed by atoms with Crippen LogP contribution >= 0.6 is 0 Å². The van der Waals surface area contributed by atoms with Gasteiger partial charge in [-0.3, -0.25) is 4.79 Å². The number of aliphatic hydroxyl groups excluding tert-OH is 1. The topological polar surface area (TPSA) is 87.4 Å². The Balaban J connectivity index is 2.83. The van der Waals surface area contributed by atoms with E-state index in [1.807, 2.05) is 0 Å². The number of nitrogens with two attached hydrogens (primary N) is 1. The summed E-state index contributed by atoms with van der Waals surface area (Å²) in [5.74, 6) is -0.171. The Morgan fingerprint density at radius 1 is 1.53 bits per heavy atom. The molecule has 0 saturated carbocycles. The van der Waals surface area contributed by atoms with E-state index in [4.69, 9.17) is 10.8 Å². The van der Waals surface area contributed by atoms with Gasteiger partial charge in [0.1, 0.15) is 0 Å². The van der Waals surface area contributed by atoms with E-state index < -0.39 is 0 Å². The highest BCUT2D eigenvalue weighted by molar-refractivity contribution is 5.95. The fourth-order valence-electron chi connectivity index (χ4n) is 1.20. The number of anilines is 2. The summed E-state index contributed by atoms with van der Waals surface area (Å²) in [5.41, 5.74) is 7.46. The highest BCUT2D eigenvalue weighted by atomic mass is 16.3. The van der Waals surface area contributed by atoms with Crippen LogP contribution < -0.4 is 16.4 Å². The minimum absolute atomic E-state index is 0.0383. The largest absolute Gasteiger partial charge is 0.397 e. The van der Waals surface area contributed by atoms with Crippen LogP contribution in [0.15, 0.2) is 18.2 Å². The standard InChI is InChI=1S/C10H15N3O2/c1-12-10(15)7-2-3-9(8(11)6-7)13-4-5-14/h2-3,6,13-14H,4-5,11H2,1H3,(H,12,15). The number of hydrogen-bond acceptors (Lipinski definition) is 4. The maximum atomic E-state index is 11.3. The third kappa shape index (κ3) is 2.85. The third-order valence-corrected chi connectivity index (χ3v) is 1.97. The molecule has 5 N–H and O–H groups in total. The molecule has 0 aliphatic carbocycles.